The van der Waals surface area contributed by atoms with Gasteiger partial charge in [-0.3, -0.25) is 4.98 Å². The zero-order valence-electron chi connectivity index (χ0n) is 21.7. The van der Waals surface area contributed by atoms with Crippen molar-refractivity contribution < 1.29 is 18.7 Å². The fourth-order valence-electron chi connectivity index (χ4n) is 4.31. The van der Waals surface area contributed by atoms with Gasteiger partial charge in [-0.05, 0) is 56.7 Å². The number of carbonyl (C=O) groups excluding carboxylic acids is 1. The second-order valence-corrected chi connectivity index (χ2v) is 10.8. The van der Waals surface area contributed by atoms with Gasteiger partial charge in [-0.25, -0.2) is 14.2 Å². The monoisotopic (exact) mass is 536 g/mol. The van der Waals surface area contributed by atoms with E-state index in [2.05, 4.69) is 39.0 Å². The van der Waals surface area contributed by atoms with Crippen LogP contribution >= 0.6 is 11.3 Å². The molecule has 1 aliphatic rings. The van der Waals surface area contributed by atoms with Crippen LogP contribution in [0.2, 0.25) is 0 Å². The third-order valence-electron chi connectivity index (χ3n) is 6.56. The van der Waals surface area contributed by atoms with Gasteiger partial charge < -0.3 is 24.7 Å². The third kappa shape index (κ3) is 5.97. The lowest BCUT2D eigenvalue weighted by Crippen LogP contribution is -2.30. The average Bonchev–Trinajstić information content (AvgIpc) is 3.46. The summed E-state index contributed by atoms with van der Waals surface area (Å²) in [6.07, 6.45) is 7.20. The Balaban J connectivity index is 1.33. The van der Waals surface area contributed by atoms with E-state index in [-0.39, 0.29) is 23.9 Å². The van der Waals surface area contributed by atoms with Crippen LogP contribution < -0.4 is 15.4 Å². The van der Waals surface area contributed by atoms with Crippen molar-refractivity contribution in [3.05, 3.63) is 61.2 Å². The molecule has 38 heavy (non-hydrogen) atoms. The van der Waals surface area contributed by atoms with Crippen LogP contribution in [0.3, 0.4) is 0 Å². The fraction of sp³-hybridized carbons (Fsp3) is 0.357. The van der Waals surface area contributed by atoms with Crippen molar-refractivity contribution in [2.45, 2.75) is 44.8 Å². The van der Waals surface area contributed by atoms with Crippen LogP contribution in [0.4, 0.5) is 14.9 Å². The number of ether oxygens (including phenoxy) is 2. The van der Waals surface area contributed by atoms with E-state index in [1.807, 2.05) is 19.3 Å². The minimum atomic E-state index is -0.572. The fourth-order valence-corrected chi connectivity index (χ4v) is 5.41. The summed E-state index contributed by atoms with van der Waals surface area (Å²) in [5.74, 6) is 1.23. The molecule has 199 valence electrons. The van der Waals surface area contributed by atoms with Crippen molar-refractivity contribution in [3.63, 3.8) is 0 Å². The largest absolute Gasteiger partial charge is 0.453 e. The maximum Gasteiger partial charge on any atom is 0.319 e. The minimum absolute atomic E-state index is 0.0334. The van der Waals surface area contributed by atoms with Gasteiger partial charge in [0.2, 0.25) is 0 Å². The van der Waals surface area contributed by atoms with Crippen LogP contribution in [0.15, 0.2) is 42.7 Å². The lowest BCUT2D eigenvalue weighted by atomic mass is 9.99. The van der Waals surface area contributed by atoms with Crippen LogP contribution in [-0.4, -0.2) is 39.8 Å². The number of rotatable bonds is 10. The van der Waals surface area contributed by atoms with E-state index in [0.717, 1.165) is 52.3 Å². The number of nitrogens with zero attached hydrogens (tertiary/aromatic N) is 3. The lowest BCUT2D eigenvalue weighted by molar-refractivity contribution is 0.117. The SMILES string of the molecule is [CH2]C(CC(C)Cc1cnc(-c2cc3nccc(Oc4ccc(NC(=O)NC5CC5)cc4F)c3s2)n1C)OC. The summed E-state index contributed by atoms with van der Waals surface area (Å²) in [6, 6.07) is 7.94. The number of thiophene rings is 1. The molecule has 10 heteroatoms. The first-order valence-corrected chi connectivity index (χ1v) is 13.4. The molecule has 0 saturated heterocycles. The highest BCUT2D eigenvalue weighted by Crippen LogP contribution is 2.39. The second kappa shape index (κ2) is 11.1. The molecule has 3 aromatic heterocycles. The van der Waals surface area contributed by atoms with Crippen molar-refractivity contribution in [3.8, 4) is 22.2 Å². The summed E-state index contributed by atoms with van der Waals surface area (Å²) in [4.78, 5) is 22.0. The number of methoxy groups -OCH3 is 1. The number of amides is 2. The van der Waals surface area contributed by atoms with Gasteiger partial charge in [-0.2, -0.15) is 0 Å². The number of anilines is 1. The number of imidazole rings is 1. The summed E-state index contributed by atoms with van der Waals surface area (Å²) in [5, 5.41) is 5.47. The van der Waals surface area contributed by atoms with Crippen molar-refractivity contribution in [1.29, 1.82) is 0 Å². The van der Waals surface area contributed by atoms with Crippen LogP contribution in [0.5, 0.6) is 11.5 Å². The highest BCUT2D eigenvalue weighted by molar-refractivity contribution is 7.22. The zero-order valence-corrected chi connectivity index (χ0v) is 22.5. The Kier molecular flexibility index (Phi) is 7.62. The average molecular weight is 537 g/mol. The molecule has 0 bridgehead atoms. The molecule has 0 spiro atoms. The quantitative estimate of drug-likeness (QED) is 0.247. The maximum absolute atomic E-state index is 14.9. The van der Waals surface area contributed by atoms with E-state index < -0.39 is 5.82 Å². The molecule has 1 radical (unpaired) electrons. The van der Waals surface area contributed by atoms with Crippen LogP contribution in [-0.2, 0) is 18.2 Å². The van der Waals surface area contributed by atoms with Gasteiger partial charge in [-0.15, -0.1) is 11.3 Å². The van der Waals surface area contributed by atoms with Gasteiger partial charge in [-0.1, -0.05) is 6.92 Å². The number of carbonyl (C=O) groups is 1. The number of hydrogen-bond acceptors (Lipinski definition) is 6. The van der Waals surface area contributed by atoms with E-state index in [0.29, 0.717) is 17.4 Å². The van der Waals surface area contributed by atoms with Gasteiger partial charge in [0.15, 0.2) is 11.6 Å². The first-order valence-electron chi connectivity index (χ1n) is 12.6. The Morgan fingerprint density at radius 3 is 2.82 bits per heavy atom. The molecule has 2 atom stereocenters. The Morgan fingerprint density at radius 1 is 1.26 bits per heavy atom. The van der Waals surface area contributed by atoms with E-state index in [1.165, 1.54) is 23.5 Å². The summed E-state index contributed by atoms with van der Waals surface area (Å²) < 4.78 is 29.0. The number of benzene rings is 1. The molecule has 1 fully saturated rings. The zero-order chi connectivity index (χ0) is 26.8. The highest BCUT2D eigenvalue weighted by Gasteiger charge is 2.23. The number of halogens is 1. The predicted molar refractivity (Wildman–Crippen MR) is 147 cm³/mol. The third-order valence-corrected chi connectivity index (χ3v) is 7.69. The van der Waals surface area contributed by atoms with Gasteiger partial charge in [0.05, 0.1) is 21.2 Å². The van der Waals surface area contributed by atoms with E-state index in [9.17, 15) is 9.18 Å². The summed E-state index contributed by atoms with van der Waals surface area (Å²) in [7, 11) is 3.69. The summed E-state index contributed by atoms with van der Waals surface area (Å²) >= 11 is 1.50. The first-order chi connectivity index (χ1) is 18.3. The second-order valence-electron chi connectivity index (χ2n) is 9.79. The van der Waals surface area contributed by atoms with Crippen LogP contribution in [0.25, 0.3) is 20.9 Å². The molecular weight excluding hydrogens is 505 g/mol. The van der Waals surface area contributed by atoms with Crippen molar-refractivity contribution in [2.24, 2.45) is 13.0 Å². The molecule has 2 N–H and O–H groups in total. The Morgan fingerprint density at radius 2 is 2.08 bits per heavy atom. The maximum atomic E-state index is 14.9. The van der Waals surface area contributed by atoms with Gasteiger partial charge in [0, 0.05) is 56.1 Å². The number of pyridine rings is 1. The summed E-state index contributed by atoms with van der Waals surface area (Å²) in [5.41, 5.74) is 2.23. The normalized spacial score (nSPS) is 14.9. The predicted octanol–water partition coefficient (Wildman–Crippen LogP) is 6.33. The molecule has 1 aliphatic carbocycles. The van der Waals surface area contributed by atoms with Gasteiger partial charge >= 0.3 is 6.03 Å². The Labute approximate surface area is 225 Å². The molecule has 8 nitrogen and oxygen atoms in total. The van der Waals surface area contributed by atoms with Crippen molar-refractivity contribution >= 4 is 33.3 Å². The van der Waals surface area contributed by atoms with Gasteiger partial charge in [0.25, 0.3) is 0 Å². The van der Waals surface area contributed by atoms with E-state index >= 15 is 0 Å². The Bertz CT molecular complexity index is 1450. The minimum Gasteiger partial charge on any atom is -0.453 e. The molecule has 5 rings (SSSR count). The molecular formula is C28H31FN5O3S. The number of nitrogens with one attached hydrogen (secondary N) is 2. The molecule has 2 unspecified atom stereocenters. The van der Waals surface area contributed by atoms with Crippen LogP contribution in [0, 0.1) is 18.7 Å². The molecule has 3 heterocycles. The molecule has 2 amide bonds. The number of urea groups is 1. The summed E-state index contributed by atoms with van der Waals surface area (Å²) in [6.45, 7) is 6.19. The number of aromatic nitrogens is 3. The topological polar surface area (TPSA) is 90.3 Å². The van der Waals surface area contributed by atoms with E-state index in [1.54, 1.807) is 25.4 Å². The lowest BCUT2D eigenvalue weighted by Gasteiger charge is -2.16. The van der Waals surface area contributed by atoms with Gasteiger partial charge in [0.1, 0.15) is 11.6 Å². The number of hydrogen-bond donors (Lipinski definition) is 2. The van der Waals surface area contributed by atoms with Crippen molar-refractivity contribution in [2.75, 3.05) is 12.4 Å². The van der Waals surface area contributed by atoms with Crippen LogP contribution in [0.1, 0.15) is 31.9 Å². The smallest absolute Gasteiger partial charge is 0.319 e. The first kappa shape index (κ1) is 26.1. The highest BCUT2D eigenvalue weighted by atomic mass is 32.1. The van der Waals surface area contributed by atoms with E-state index in [4.69, 9.17) is 9.47 Å². The number of fused-ring (bicyclic) bond motifs is 1. The molecule has 0 aliphatic heterocycles. The standard InChI is InChI=1S/C28H31FN5O3S/c1-16(11-17(2)36-4)12-20-15-31-27(34(20)3)25-14-22-26(38-25)24(9-10-30-22)37-23-8-7-19(13-21(23)29)33-28(35)32-18-5-6-18/h7-10,13-18H,2,5-6,11-12H2,1,3-4H3,(H2,32,33,35). The Hall–Kier alpha value is -3.50. The molecule has 1 aromatic carbocycles. The molecule has 1 saturated carbocycles. The van der Waals surface area contributed by atoms with Crippen molar-refractivity contribution in [1.82, 2.24) is 19.9 Å². The molecule has 4 aromatic rings.